The third kappa shape index (κ3) is 2.96. The number of thioether (sulfide) groups is 1. The summed E-state index contributed by atoms with van der Waals surface area (Å²) in [5, 5.41) is 0. The zero-order valence-electron chi connectivity index (χ0n) is 15.3. The third-order valence-corrected chi connectivity index (χ3v) is 7.20. The fourth-order valence-electron chi connectivity index (χ4n) is 3.85. The Kier molecular flexibility index (Phi) is 4.67. The number of fused-ring (bicyclic) bond motifs is 1. The van der Waals surface area contributed by atoms with Gasteiger partial charge in [-0.1, -0.05) is 27.7 Å². The Morgan fingerprint density at radius 2 is 2.04 bits per heavy atom. The average molecular weight is 356 g/mol. The number of ether oxygens (including phenoxy) is 2. The number of esters is 1. The first-order chi connectivity index (χ1) is 11.1. The highest BCUT2D eigenvalue weighted by Crippen LogP contribution is 2.49. The Bertz CT molecular complexity index is 535. The van der Waals surface area contributed by atoms with Crippen molar-refractivity contribution in [3.05, 3.63) is 0 Å². The van der Waals surface area contributed by atoms with E-state index in [0.717, 1.165) is 19.4 Å². The molecular weight excluding hydrogens is 326 g/mol. The van der Waals surface area contributed by atoms with Crippen molar-refractivity contribution in [3.8, 4) is 0 Å². The number of rotatable bonds is 5. The topological polar surface area (TPSA) is 55.8 Å². The summed E-state index contributed by atoms with van der Waals surface area (Å²) >= 11 is 1.70. The van der Waals surface area contributed by atoms with E-state index in [0.29, 0.717) is 18.1 Å². The minimum atomic E-state index is -0.429. The van der Waals surface area contributed by atoms with E-state index in [4.69, 9.17) is 9.47 Å². The predicted octanol–water partition coefficient (Wildman–Crippen LogP) is 2.82. The zero-order chi connectivity index (χ0) is 17.7. The van der Waals surface area contributed by atoms with Crippen molar-refractivity contribution >= 4 is 23.6 Å². The van der Waals surface area contributed by atoms with Gasteiger partial charge in [-0.3, -0.25) is 4.79 Å². The quantitative estimate of drug-likeness (QED) is 0.710. The van der Waals surface area contributed by atoms with Crippen LogP contribution in [0.4, 0.5) is 0 Å². The molecule has 0 aromatic rings. The van der Waals surface area contributed by atoms with E-state index in [-0.39, 0.29) is 34.4 Å². The lowest BCUT2D eigenvalue weighted by Crippen LogP contribution is -2.58. The molecule has 0 unspecified atom stereocenters. The second kappa shape index (κ2) is 6.20. The van der Waals surface area contributed by atoms with Crippen molar-refractivity contribution < 1.29 is 19.1 Å². The van der Waals surface area contributed by atoms with Crippen LogP contribution in [0, 0.1) is 11.3 Å². The Hall–Kier alpha value is -0.750. The molecule has 1 amide bonds. The fraction of sp³-hybridized carbons (Fsp3) is 0.889. The van der Waals surface area contributed by atoms with Crippen LogP contribution < -0.4 is 0 Å². The molecule has 0 aromatic carbocycles. The van der Waals surface area contributed by atoms with Crippen LogP contribution in [-0.2, 0) is 19.1 Å². The van der Waals surface area contributed by atoms with Gasteiger partial charge in [0.1, 0.15) is 12.1 Å². The minimum absolute atomic E-state index is 0.0791. The van der Waals surface area contributed by atoms with Crippen molar-refractivity contribution in [1.82, 2.24) is 4.90 Å². The molecule has 5 nitrogen and oxygen atoms in total. The monoisotopic (exact) mass is 355 g/mol. The number of nitrogens with zero attached hydrogens (tertiary/aromatic N) is 1. The molecule has 0 radical (unpaired) electrons. The summed E-state index contributed by atoms with van der Waals surface area (Å²) in [4.78, 5) is 26.4. The summed E-state index contributed by atoms with van der Waals surface area (Å²) in [5.41, 5.74) is -0.172. The van der Waals surface area contributed by atoms with E-state index in [1.165, 1.54) is 0 Å². The van der Waals surface area contributed by atoms with Crippen molar-refractivity contribution in [3.63, 3.8) is 0 Å². The van der Waals surface area contributed by atoms with Crippen LogP contribution in [0.1, 0.15) is 53.9 Å². The van der Waals surface area contributed by atoms with Crippen LogP contribution in [0.25, 0.3) is 0 Å². The van der Waals surface area contributed by atoms with Gasteiger partial charge in [0.15, 0.2) is 0 Å². The summed E-state index contributed by atoms with van der Waals surface area (Å²) in [6.45, 7) is 11.2. The molecule has 6 heteroatoms. The summed E-state index contributed by atoms with van der Waals surface area (Å²) < 4.78 is 11.7. The molecule has 24 heavy (non-hydrogen) atoms. The lowest BCUT2D eigenvalue weighted by molar-refractivity contribution is -0.208. The van der Waals surface area contributed by atoms with Gasteiger partial charge < -0.3 is 14.4 Å². The highest BCUT2D eigenvalue weighted by Gasteiger charge is 2.56. The summed E-state index contributed by atoms with van der Waals surface area (Å²) in [7, 11) is 0. The smallest absolute Gasteiger partial charge is 0.330 e. The zero-order valence-corrected chi connectivity index (χ0v) is 16.1. The molecular formula is C18H29NO4S. The first-order valence-corrected chi connectivity index (χ1v) is 9.92. The molecule has 0 N–H and O–H groups in total. The highest BCUT2D eigenvalue weighted by atomic mass is 32.2. The molecule has 2 saturated heterocycles. The average Bonchev–Trinajstić information content (AvgIpc) is 2.98. The van der Waals surface area contributed by atoms with E-state index < -0.39 is 6.04 Å². The maximum atomic E-state index is 12.7. The van der Waals surface area contributed by atoms with Gasteiger partial charge >= 0.3 is 5.97 Å². The highest BCUT2D eigenvalue weighted by molar-refractivity contribution is 8.01. The first kappa shape index (κ1) is 18.1. The van der Waals surface area contributed by atoms with Crippen LogP contribution in [-0.4, -0.2) is 52.3 Å². The van der Waals surface area contributed by atoms with Gasteiger partial charge in [0, 0.05) is 30.6 Å². The largest absolute Gasteiger partial charge is 0.460 e. The van der Waals surface area contributed by atoms with Gasteiger partial charge in [-0.05, 0) is 19.3 Å². The molecule has 2 aliphatic heterocycles. The maximum Gasteiger partial charge on any atom is 0.330 e. The number of carbonyl (C=O) groups excluding carboxylic acids is 2. The Balaban J connectivity index is 1.57. The molecule has 4 atom stereocenters. The van der Waals surface area contributed by atoms with Crippen LogP contribution in [0.5, 0.6) is 0 Å². The van der Waals surface area contributed by atoms with Crippen LogP contribution in [0.2, 0.25) is 0 Å². The van der Waals surface area contributed by atoms with E-state index >= 15 is 0 Å². The summed E-state index contributed by atoms with van der Waals surface area (Å²) in [5.74, 6) is 0.968. The third-order valence-electron chi connectivity index (χ3n) is 5.69. The van der Waals surface area contributed by atoms with Gasteiger partial charge in [0.2, 0.25) is 5.91 Å². The van der Waals surface area contributed by atoms with Crippen LogP contribution in [0.3, 0.4) is 0 Å². The molecule has 1 aliphatic carbocycles. The lowest BCUT2D eigenvalue weighted by atomic mass is 9.66. The number of amides is 1. The van der Waals surface area contributed by atoms with Crippen molar-refractivity contribution in [2.75, 3.05) is 12.4 Å². The predicted molar refractivity (Wildman–Crippen MR) is 93.6 cm³/mol. The van der Waals surface area contributed by atoms with Gasteiger partial charge in [0.25, 0.3) is 0 Å². The van der Waals surface area contributed by atoms with Gasteiger partial charge in [0.05, 0.1) is 11.0 Å². The molecule has 1 saturated carbocycles. The lowest BCUT2D eigenvalue weighted by Gasteiger charge is -2.50. The Morgan fingerprint density at radius 3 is 2.67 bits per heavy atom. The van der Waals surface area contributed by atoms with Gasteiger partial charge in [-0.2, -0.15) is 0 Å². The van der Waals surface area contributed by atoms with Crippen molar-refractivity contribution in [2.45, 2.75) is 77.0 Å². The van der Waals surface area contributed by atoms with E-state index in [2.05, 4.69) is 34.6 Å². The molecule has 0 bridgehead atoms. The second-order valence-corrected chi connectivity index (χ2v) is 9.97. The molecule has 0 spiro atoms. The number of carbonyl (C=O) groups is 2. The van der Waals surface area contributed by atoms with Crippen LogP contribution >= 0.6 is 11.8 Å². The van der Waals surface area contributed by atoms with E-state index in [1.807, 2.05) is 0 Å². The van der Waals surface area contributed by atoms with Gasteiger partial charge in [-0.25, -0.2) is 4.79 Å². The molecule has 3 aliphatic rings. The fourth-order valence-corrected chi connectivity index (χ4v) is 5.27. The molecule has 3 fully saturated rings. The molecule has 3 rings (SSSR count). The number of hydrogen-bond donors (Lipinski definition) is 0. The standard InChI is InChI=1S/C18H29NO4S/c1-11(2)9-22-13-8-14(17(13,3)4)23-16(21)12-10-24-18(5)7-6-15(20)19(12)18/h11-14H,6-10H2,1-5H3/t12-,13-,14+,18-/m1/s1. The molecule has 136 valence electrons. The summed E-state index contributed by atoms with van der Waals surface area (Å²) in [6, 6.07) is -0.429. The molecule has 2 heterocycles. The first-order valence-electron chi connectivity index (χ1n) is 8.93. The second-order valence-electron chi connectivity index (χ2n) is 8.46. The van der Waals surface area contributed by atoms with E-state index in [9.17, 15) is 9.59 Å². The maximum absolute atomic E-state index is 12.7. The summed E-state index contributed by atoms with van der Waals surface area (Å²) in [6.07, 6.45) is 2.11. The SMILES string of the molecule is CC(C)CO[C@@H]1C[C@H](OC(=O)[C@H]2CS[C@]3(C)CCC(=O)N23)C1(C)C. The van der Waals surface area contributed by atoms with Crippen LogP contribution in [0.15, 0.2) is 0 Å². The van der Waals surface area contributed by atoms with Crippen molar-refractivity contribution in [1.29, 1.82) is 0 Å². The number of hydrogen-bond acceptors (Lipinski definition) is 5. The van der Waals surface area contributed by atoms with E-state index in [1.54, 1.807) is 16.7 Å². The Morgan fingerprint density at radius 1 is 1.33 bits per heavy atom. The minimum Gasteiger partial charge on any atom is -0.460 e. The Labute approximate surface area is 148 Å². The van der Waals surface area contributed by atoms with Crippen molar-refractivity contribution in [2.24, 2.45) is 11.3 Å². The van der Waals surface area contributed by atoms with Gasteiger partial charge in [-0.15, -0.1) is 11.8 Å². The molecule has 0 aromatic heterocycles. The normalized spacial score (nSPS) is 37.5.